The van der Waals surface area contributed by atoms with Gasteiger partial charge in [-0.15, -0.1) is 0 Å². The van der Waals surface area contributed by atoms with Crippen LogP contribution in [-0.2, 0) is 0 Å². The molecule has 0 aliphatic rings. The number of halogens is 1. The molecule has 0 atom stereocenters. The maximum absolute atomic E-state index is 5.35. The van der Waals surface area contributed by atoms with Gasteiger partial charge in [-0.3, -0.25) is 0 Å². The molecule has 1 rings (SSSR count). The van der Waals surface area contributed by atoms with Gasteiger partial charge in [0.1, 0.15) is 12.1 Å². The number of hydrogen-bond donors (Lipinski definition) is 0. The van der Waals surface area contributed by atoms with Crippen molar-refractivity contribution in [3.8, 4) is 5.88 Å². The van der Waals surface area contributed by atoms with Gasteiger partial charge in [0.2, 0.25) is 5.88 Å². The van der Waals surface area contributed by atoms with Gasteiger partial charge in [0.15, 0.2) is 0 Å². The van der Waals surface area contributed by atoms with Crippen LogP contribution in [0.25, 0.3) is 0 Å². The summed E-state index contributed by atoms with van der Waals surface area (Å²) in [6.07, 6.45) is 1.53. The molecule has 0 radical (unpaired) electrons. The third kappa shape index (κ3) is 3.07. The fourth-order valence-electron chi connectivity index (χ4n) is 1.14. The van der Waals surface area contributed by atoms with Crippen LogP contribution in [0.3, 0.4) is 0 Å². The number of hydrogen-bond acceptors (Lipinski definition) is 4. The van der Waals surface area contributed by atoms with Crippen LogP contribution >= 0.6 is 15.9 Å². The lowest BCUT2D eigenvalue weighted by Crippen LogP contribution is -2.43. The van der Waals surface area contributed by atoms with Gasteiger partial charge in [-0.25, -0.2) is 9.97 Å². The van der Waals surface area contributed by atoms with Crippen LogP contribution in [0.4, 0.5) is 5.82 Å². The van der Waals surface area contributed by atoms with Crippen molar-refractivity contribution in [1.82, 2.24) is 9.97 Å². The molecule has 0 unspecified atom stereocenters. The third-order valence-corrected chi connectivity index (χ3v) is 3.87. The second-order valence-corrected chi connectivity index (χ2v) is 4.71. The Morgan fingerprint density at radius 1 is 1.44 bits per heavy atom. The molecule has 0 amide bonds. The van der Waals surface area contributed by atoms with Gasteiger partial charge >= 0.3 is 0 Å². The SMILES string of the molecule is CCOc1cc(N(C)C(C)(C)CBr)ncn1. The molecular formula is C11H18BrN3O. The van der Waals surface area contributed by atoms with Crippen LogP contribution in [-0.4, -0.2) is 34.5 Å². The van der Waals surface area contributed by atoms with Gasteiger partial charge in [0.05, 0.1) is 6.61 Å². The fraction of sp³-hybridized carbons (Fsp3) is 0.636. The molecule has 90 valence electrons. The highest BCUT2D eigenvalue weighted by Gasteiger charge is 2.23. The third-order valence-electron chi connectivity index (χ3n) is 2.50. The Hall–Kier alpha value is -0.840. The highest BCUT2D eigenvalue weighted by molar-refractivity contribution is 9.09. The molecule has 1 heterocycles. The Morgan fingerprint density at radius 2 is 2.12 bits per heavy atom. The van der Waals surface area contributed by atoms with E-state index in [4.69, 9.17) is 4.74 Å². The number of nitrogens with zero attached hydrogens (tertiary/aromatic N) is 3. The molecule has 0 aliphatic heterocycles. The zero-order chi connectivity index (χ0) is 12.2. The number of aromatic nitrogens is 2. The summed E-state index contributed by atoms with van der Waals surface area (Å²) in [5.41, 5.74) is -0.00214. The Bertz CT molecular complexity index is 344. The standard InChI is InChI=1S/C11H18BrN3O/c1-5-16-10-6-9(13-8-14-10)15(4)11(2,3)7-12/h6,8H,5,7H2,1-4H3. The summed E-state index contributed by atoms with van der Waals surface area (Å²) in [5, 5.41) is 0.866. The van der Waals surface area contributed by atoms with Crippen molar-refractivity contribution in [3.05, 3.63) is 12.4 Å². The van der Waals surface area contributed by atoms with E-state index in [1.807, 2.05) is 20.0 Å². The number of ether oxygens (including phenoxy) is 1. The summed E-state index contributed by atoms with van der Waals surface area (Å²) in [6.45, 7) is 6.84. The molecule has 0 saturated carbocycles. The van der Waals surface area contributed by atoms with Gasteiger partial charge in [-0.2, -0.15) is 0 Å². The minimum Gasteiger partial charge on any atom is -0.478 e. The lowest BCUT2D eigenvalue weighted by Gasteiger charge is -2.34. The number of alkyl halides is 1. The minimum absolute atomic E-state index is 0.00214. The first-order valence-electron chi connectivity index (χ1n) is 5.26. The quantitative estimate of drug-likeness (QED) is 0.780. The van der Waals surface area contributed by atoms with Crippen molar-refractivity contribution in [2.45, 2.75) is 26.3 Å². The number of anilines is 1. The molecule has 0 bridgehead atoms. The van der Waals surface area contributed by atoms with E-state index in [-0.39, 0.29) is 5.54 Å². The summed E-state index contributed by atoms with van der Waals surface area (Å²) >= 11 is 3.50. The molecule has 16 heavy (non-hydrogen) atoms. The summed E-state index contributed by atoms with van der Waals surface area (Å²) < 4.78 is 5.35. The smallest absolute Gasteiger partial charge is 0.218 e. The normalized spacial score (nSPS) is 11.3. The molecule has 0 aromatic carbocycles. The molecule has 0 spiro atoms. The van der Waals surface area contributed by atoms with Crippen LogP contribution in [0.2, 0.25) is 0 Å². The molecule has 0 fully saturated rings. The van der Waals surface area contributed by atoms with Crippen LogP contribution in [0.1, 0.15) is 20.8 Å². The van der Waals surface area contributed by atoms with Gasteiger partial charge in [-0.1, -0.05) is 15.9 Å². The lowest BCUT2D eigenvalue weighted by atomic mass is 10.1. The maximum Gasteiger partial charge on any atom is 0.218 e. The molecular weight excluding hydrogens is 270 g/mol. The predicted octanol–water partition coefficient (Wildman–Crippen LogP) is 2.49. The van der Waals surface area contributed by atoms with Gasteiger partial charge < -0.3 is 9.64 Å². The van der Waals surface area contributed by atoms with E-state index in [1.54, 1.807) is 0 Å². The fourth-order valence-corrected chi connectivity index (χ4v) is 1.52. The molecule has 0 N–H and O–H groups in total. The predicted molar refractivity (Wildman–Crippen MR) is 69.5 cm³/mol. The van der Waals surface area contributed by atoms with Crippen LogP contribution in [0, 0.1) is 0 Å². The first kappa shape index (κ1) is 13.2. The Balaban J connectivity index is 2.91. The second kappa shape index (κ2) is 5.48. The zero-order valence-electron chi connectivity index (χ0n) is 10.2. The van der Waals surface area contributed by atoms with E-state index in [2.05, 4.69) is 44.6 Å². The van der Waals surface area contributed by atoms with Crippen molar-refractivity contribution < 1.29 is 4.74 Å². The van der Waals surface area contributed by atoms with E-state index in [0.29, 0.717) is 12.5 Å². The van der Waals surface area contributed by atoms with E-state index in [1.165, 1.54) is 6.33 Å². The highest BCUT2D eigenvalue weighted by atomic mass is 79.9. The van der Waals surface area contributed by atoms with Crippen LogP contribution in [0.5, 0.6) is 5.88 Å². The molecule has 1 aromatic heterocycles. The topological polar surface area (TPSA) is 38.2 Å². The van der Waals surface area contributed by atoms with E-state index in [9.17, 15) is 0 Å². The second-order valence-electron chi connectivity index (χ2n) is 4.15. The number of rotatable bonds is 5. The van der Waals surface area contributed by atoms with Gasteiger partial charge in [-0.05, 0) is 20.8 Å². The Kier molecular flexibility index (Phi) is 4.53. The van der Waals surface area contributed by atoms with Crippen LogP contribution < -0.4 is 9.64 Å². The molecule has 5 heteroatoms. The van der Waals surface area contributed by atoms with E-state index < -0.39 is 0 Å². The van der Waals surface area contributed by atoms with E-state index in [0.717, 1.165) is 11.1 Å². The highest BCUT2D eigenvalue weighted by Crippen LogP contribution is 2.23. The lowest BCUT2D eigenvalue weighted by molar-refractivity contribution is 0.326. The van der Waals surface area contributed by atoms with Crippen molar-refractivity contribution in [3.63, 3.8) is 0 Å². The molecule has 0 saturated heterocycles. The Labute approximate surface area is 105 Å². The average Bonchev–Trinajstić information content (AvgIpc) is 2.29. The molecule has 1 aromatic rings. The largest absolute Gasteiger partial charge is 0.478 e. The van der Waals surface area contributed by atoms with Gasteiger partial charge in [0.25, 0.3) is 0 Å². The summed E-state index contributed by atoms with van der Waals surface area (Å²) in [6, 6.07) is 1.86. The first-order valence-corrected chi connectivity index (χ1v) is 6.38. The Morgan fingerprint density at radius 3 is 2.69 bits per heavy atom. The summed E-state index contributed by atoms with van der Waals surface area (Å²) in [4.78, 5) is 10.4. The van der Waals surface area contributed by atoms with Gasteiger partial charge in [0, 0.05) is 24.0 Å². The molecule has 4 nitrogen and oxygen atoms in total. The first-order chi connectivity index (χ1) is 7.51. The monoisotopic (exact) mass is 287 g/mol. The van der Waals surface area contributed by atoms with Crippen molar-refractivity contribution in [1.29, 1.82) is 0 Å². The average molecular weight is 288 g/mol. The molecule has 0 aliphatic carbocycles. The summed E-state index contributed by atoms with van der Waals surface area (Å²) in [5.74, 6) is 1.48. The van der Waals surface area contributed by atoms with E-state index >= 15 is 0 Å². The maximum atomic E-state index is 5.35. The van der Waals surface area contributed by atoms with Crippen molar-refractivity contribution in [2.75, 3.05) is 23.9 Å². The minimum atomic E-state index is -0.00214. The van der Waals surface area contributed by atoms with Crippen LogP contribution in [0.15, 0.2) is 12.4 Å². The van der Waals surface area contributed by atoms with Crippen molar-refractivity contribution in [2.24, 2.45) is 0 Å². The zero-order valence-corrected chi connectivity index (χ0v) is 11.8. The summed E-state index contributed by atoms with van der Waals surface area (Å²) in [7, 11) is 2.01. The van der Waals surface area contributed by atoms with Crippen molar-refractivity contribution >= 4 is 21.7 Å².